The second kappa shape index (κ2) is 10.7. The first kappa shape index (κ1) is 27.2. The zero-order valence-electron chi connectivity index (χ0n) is 20.6. The van der Waals surface area contributed by atoms with Crippen molar-refractivity contribution in [2.45, 2.75) is 86.0 Å². The first-order valence-corrected chi connectivity index (χ1v) is 10.7. The summed E-state index contributed by atoms with van der Waals surface area (Å²) in [5.41, 5.74) is -1.44. The van der Waals surface area contributed by atoms with Crippen LogP contribution >= 0.6 is 0 Å². The molecule has 9 heteroatoms. The topological polar surface area (TPSA) is 102 Å². The number of allylic oxidation sites excluding steroid dienone is 1. The molecule has 1 aliphatic heterocycles. The smallest absolute Gasteiger partial charge is 0.422 e. The second-order valence-corrected chi connectivity index (χ2v) is 9.36. The van der Waals surface area contributed by atoms with Crippen molar-refractivity contribution >= 4 is 24.1 Å². The zero-order valence-corrected chi connectivity index (χ0v) is 20.6. The summed E-state index contributed by atoms with van der Waals surface area (Å²) in [6.07, 6.45) is 1.77. The number of carbonyl (C=O) groups excluding carboxylic acids is 4. The number of carbonyl (C=O) groups is 4. The Labute approximate surface area is 190 Å². The van der Waals surface area contributed by atoms with Crippen LogP contribution in [0.4, 0.5) is 9.59 Å². The maximum atomic E-state index is 13.6. The van der Waals surface area contributed by atoms with Gasteiger partial charge >= 0.3 is 18.2 Å². The number of rotatable bonds is 5. The third-order valence-corrected chi connectivity index (χ3v) is 4.26. The Kier molecular flexibility index (Phi) is 9.05. The fraction of sp³-hybridized carbons (Fsp3) is 0.652. The van der Waals surface area contributed by atoms with Gasteiger partial charge in [-0.2, -0.15) is 0 Å². The van der Waals surface area contributed by atoms with Crippen molar-refractivity contribution in [2.24, 2.45) is 0 Å². The van der Waals surface area contributed by atoms with Gasteiger partial charge in [0, 0.05) is 6.54 Å². The van der Waals surface area contributed by atoms with Crippen LogP contribution in [0.15, 0.2) is 23.4 Å². The lowest BCUT2D eigenvalue weighted by Gasteiger charge is -2.32. The minimum atomic E-state index is -1.15. The molecular weight excluding hydrogens is 416 g/mol. The van der Waals surface area contributed by atoms with Gasteiger partial charge in [0.1, 0.15) is 22.9 Å². The van der Waals surface area contributed by atoms with Gasteiger partial charge in [-0.05, 0) is 67.4 Å². The van der Waals surface area contributed by atoms with Gasteiger partial charge in [0.05, 0.1) is 6.61 Å². The first-order valence-electron chi connectivity index (χ1n) is 10.7. The summed E-state index contributed by atoms with van der Waals surface area (Å²) in [7, 11) is 0. The molecule has 0 aromatic heterocycles. The van der Waals surface area contributed by atoms with Crippen molar-refractivity contribution in [1.82, 2.24) is 9.80 Å². The molecule has 1 aliphatic rings. The van der Waals surface area contributed by atoms with Gasteiger partial charge in [-0.25, -0.2) is 19.3 Å². The van der Waals surface area contributed by atoms with E-state index >= 15 is 0 Å². The van der Waals surface area contributed by atoms with E-state index in [0.717, 1.165) is 0 Å². The van der Waals surface area contributed by atoms with E-state index in [-0.39, 0.29) is 18.8 Å². The van der Waals surface area contributed by atoms with E-state index in [1.807, 2.05) is 0 Å². The Hall–Kier alpha value is -2.84. The van der Waals surface area contributed by atoms with E-state index in [2.05, 4.69) is 0 Å². The predicted octanol–water partition coefficient (Wildman–Crippen LogP) is 4.17. The molecule has 0 spiro atoms. The zero-order chi connectivity index (χ0) is 24.9. The molecule has 0 aromatic carbocycles. The van der Waals surface area contributed by atoms with Gasteiger partial charge in [-0.3, -0.25) is 9.69 Å². The molecule has 0 aromatic rings. The first-order chi connectivity index (χ1) is 14.6. The Morgan fingerprint density at radius 1 is 1.00 bits per heavy atom. The molecule has 0 bridgehead atoms. The third kappa shape index (κ3) is 7.39. The Morgan fingerprint density at radius 3 is 2.03 bits per heavy atom. The van der Waals surface area contributed by atoms with Crippen molar-refractivity contribution in [2.75, 3.05) is 13.2 Å². The lowest BCUT2D eigenvalue weighted by atomic mass is 10.1. The number of hydrogen-bond acceptors (Lipinski definition) is 7. The highest BCUT2D eigenvalue weighted by molar-refractivity contribution is 6.06. The molecule has 0 radical (unpaired) electrons. The normalized spacial score (nSPS) is 16.9. The summed E-state index contributed by atoms with van der Waals surface area (Å²) in [4.78, 5) is 54.0. The summed E-state index contributed by atoms with van der Waals surface area (Å²) in [5.74, 6) is -1.63. The molecule has 1 rings (SSSR count). The SMILES string of the molecule is CCOC(=O)/C(=C(/C)CC)N(C(=O)OC(C)(C)C)C(=O)[C@@H]1C=CCN1C(=O)OC(C)(C)C. The third-order valence-electron chi connectivity index (χ3n) is 4.26. The summed E-state index contributed by atoms with van der Waals surface area (Å²) in [5, 5.41) is 0. The minimum absolute atomic E-state index is 0.0586. The maximum Gasteiger partial charge on any atom is 0.422 e. The summed E-state index contributed by atoms with van der Waals surface area (Å²) in [6, 6.07) is -1.15. The molecule has 0 saturated carbocycles. The van der Waals surface area contributed by atoms with E-state index in [0.29, 0.717) is 16.9 Å². The average Bonchev–Trinajstić information content (AvgIpc) is 3.12. The fourth-order valence-electron chi connectivity index (χ4n) is 2.80. The fourth-order valence-corrected chi connectivity index (χ4v) is 2.80. The van der Waals surface area contributed by atoms with Crippen LogP contribution in [0, 0.1) is 0 Å². The molecule has 180 valence electrons. The van der Waals surface area contributed by atoms with E-state index in [1.54, 1.807) is 68.4 Å². The molecule has 0 N–H and O–H groups in total. The van der Waals surface area contributed by atoms with Crippen LogP contribution in [0.2, 0.25) is 0 Å². The molecule has 32 heavy (non-hydrogen) atoms. The number of hydrogen-bond donors (Lipinski definition) is 0. The van der Waals surface area contributed by atoms with E-state index in [9.17, 15) is 19.2 Å². The van der Waals surface area contributed by atoms with Gasteiger partial charge in [-0.15, -0.1) is 0 Å². The quantitative estimate of drug-likeness (QED) is 0.267. The van der Waals surface area contributed by atoms with Gasteiger partial charge in [0.15, 0.2) is 0 Å². The molecule has 1 heterocycles. The number of ether oxygens (including phenoxy) is 3. The van der Waals surface area contributed by atoms with Crippen LogP contribution in [-0.2, 0) is 23.8 Å². The van der Waals surface area contributed by atoms with E-state index in [4.69, 9.17) is 14.2 Å². The van der Waals surface area contributed by atoms with Gasteiger partial charge in [0.2, 0.25) is 0 Å². The van der Waals surface area contributed by atoms with E-state index in [1.165, 1.54) is 11.0 Å². The Bertz CT molecular complexity index is 800. The second-order valence-electron chi connectivity index (χ2n) is 9.36. The lowest BCUT2D eigenvalue weighted by molar-refractivity contribution is -0.144. The summed E-state index contributed by atoms with van der Waals surface area (Å²) in [6.45, 7) is 15.3. The van der Waals surface area contributed by atoms with Crippen LogP contribution in [0.1, 0.15) is 68.7 Å². The van der Waals surface area contributed by atoms with Crippen molar-refractivity contribution in [1.29, 1.82) is 0 Å². The summed E-state index contributed by atoms with van der Waals surface area (Å²) >= 11 is 0. The number of nitrogens with zero attached hydrogens (tertiary/aromatic N) is 2. The Morgan fingerprint density at radius 2 is 1.56 bits per heavy atom. The van der Waals surface area contributed by atoms with Gasteiger partial charge in [0.25, 0.3) is 5.91 Å². The molecule has 9 nitrogen and oxygen atoms in total. The maximum absolute atomic E-state index is 13.6. The monoisotopic (exact) mass is 452 g/mol. The highest BCUT2D eigenvalue weighted by Gasteiger charge is 2.43. The standard InChI is InChI=1S/C23H36N2O7/c1-10-15(3)17(19(27)30-11-2)25(21(29)32-23(7,8)9)18(26)16-13-12-14-24(16)20(28)31-22(4,5)6/h12-13,16H,10-11,14H2,1-9H3/b17-15+/t16-/m0/s1. The largest absolute Gasteiger partial charge is 0.461 e. The molecule has 0 unspecified atom stereocenters. The molecule has 0 aliphatic carbocycles. The van der Waals surface area contributed by atoms with Crippen LogP contribution in [-0.4, -0.2) is 64.3 Å². The predicted molar refractivity (Wildman–Crippen MR) is 119 cm³/mol. The van der Waals surface area contributed by atoms with Crippen molar-refractivity contribution in [3.05, 3.63) is 23.4 Å². The molecule has 1 atom stereocenters. The van der Waals surface area contributed by atoms with Gasteiger partial charge < -0.3 is 14.2 Å². The molecular formula is C23H36N2O7. The van der Waals surface area contributed by atoms with Crippen LogP contribution in [0.3, 0.4) is 0 Å². The highest BCUT2D eigenvalue weighted by atomic mass is 16.6. The Balaban J connectivity index is 3.47. The van der Waals surface area contributed by atoms with Crippen LogP contribution in [0.25, 0.3) is 0 Å². The molecule has 0 saturated heterocycles. The van der Waals surface area contributed by atoms with Crippen LogP contribution < -0.4 is 0 Å². The van der Waals surface area contributed by atoms with Crippen molar-refractivity contribution < 1.29 is 33.4 Å². The minimum Gasteiger partial charge on any atom is -0.461 e. The van der Waals surface area contributed by atoms with E-state index < -0.39 is 41.3 Å². The van der Waals surface area contributed by atoms with Crippen LogP contribution in [0.5, 0.6) is 0 Å². The number of esters is 1. The highest BCUT2D eigenvalue weighted by Crippen LogP contribution is 2.24. The number of imide groups is 1. The molecule has 0 fully saturated rings. The van der Waals surface area contributed by atoms with Crippen molar-refractivity contribution in [3.63, 3.8) is 0 Å². The molecule has 3 amide bonds. The number of amides is 3. The van der Waals surface area contributed by atoms with Crippen molar-refractivity contribution in [3.8, 4) is 0 Å². The lowest BCUT2D eigenvalue weighted by Crippen LogP contribution is -2.52. The average molecular weight is 453 g/mol. The van der Waals surface area contributed by atoms with Gasteiger partial charge in [-0.1, -0.05) is 19.1 Å². The summed E-state index contributed by atoms with van der Waals surface area (Å²) < 4.78 is 15.9.